The molecule has 0 unspecified atom stereocenters. The van der Waals surface area contributed by atoms with Crippen molar-refractivity contribution in [2.24, 2.45) is 5.73 Å². The highest BCUT2D eigenvalue weighted by molar-refractivity contribution is 5.00. The van der Waals surface area contributed by atoms with Gasteiger partial charge in [-0.2, -0.15) is 4.98 Å². The smallest absolute Gasteiger partial charge is 0.228 e. The average molecular weight is 197 g/mol. The van der Waals surface area contributed by atoms with E-state index in [0.717, 1.165) is 12.8 Å². The summed E-state index contributed by atoms with van der Waals surface area (Å²) in [6, 6.07) is 0. The summed E-state index contributed by atoms with van der Waals surface area (Å²) in [6.07, 6.45) is 4.36. The number of rotatable bonds is 4. The predicted molar refractivity (Wildman–Crippen MR) is 49.6 cm³/mol. The third-order valence-corrected chi connectivity index (χ3v) is 2.70. The molecule has 1 aliphatic rings. The Hall–Kier alpha value is -0.940. The molecule has 5 heteroatoms. The van der Waals surface area contributed by atoms with Crippen LogP contribution in [0, 0.1) is 0 Å². The number of hydrogen-bond donors (Lipinski definition) is 2. The van der Waals surface area contributed by atoms with Gasteiger partial charge in [0.15, 0.2) is 5.82 Å². The molecule has 0 spiro atoms. The van der Waals surface area contributed by atoms with Gasteiger partial charge in [0.25, 0.3) is 0 Å². The summed E-state index contributed by atoms with van der Waals surface area (Å²) >= 11 is 0. The molecule has 1 aromatic rings. The Morgan fingerprint density at radius 3 is 2.86 bits per heavy atom. The fraction of sp³-hybridized carbons (Fsp3) is 0.778. The van der Waals surface area contributed by atoms with Crippen molar-refractivity contribution >= 4 is 0 Å². The standard InChI is InChI=1S/C9H15N3O2/c10-9(3-1-4-9)6-8-11-7(2-5-13)12-14-8/h13H,1-6,10H2. The second kappa shape index (κ2) is 3.67. The van der Waals surface area contributed by atoms with Gasteiger partial charge in [-0.15, -0.1) is 0 Å². The molecule has 0 bridgehead atoms. The van der Waals surface area contributed by atoms with Gasteiger partial charge in [-0.05, 0) is 19.3 Å². The molecule has 5 nitrogen and oxygen atoms in total. The first-order valence-electron chi connectivity index (χ1n) is 4.93. The minimum Gasteiger partial charge on any atom is -0.396 e. The zero-order valence-electron chi connectivity index (χ0n) is 8.07. The number of nitrogens with zero attached hydrogens (tertiary/aromatic N) is 2. The van der Waals surface area contributed by atoms with Gasteiger partial charge in [-0.3, -0.25) is 0 Å². The van der Waals surface area contributed by atoms with E-state index in [1.165, 1.54) is 6.42 Å². The highest BCUT2D eigenvalue weighted by Gasteiger charge is 2.34. The van der Waals surface area contributed by atoms with E-state index in [1.54, 1.807) is 0 Å². The maximum atomic E-state index is 8.67. The van der Waals surface area contributed by atoms with E-state index in [9.17, 15) is 0 Å². The highest BCUT2D eigenvalue weighted by Crippen LogP contribution is 2.31. The molecule has 1 fully saturated rings. The van der Waals surface area contributed by atoms with Crippen LogP contribution in [-0.2, 0) is 12.8 Å². The monoisotopic (exact) mass is 197 g/mol. The first-order valence-corrected chi connectivity index (χ1v) is 4.93. The van der Waals surface area contributed by atoms with Crippen LogP contribution in [0.3, 0.4) is 0 Å². The fourth-order valence-electron chi connectivity index (χ4n) is 1.67. The van der Waals surface area contributed by atoms with Crippen LogP contribution in [0.15, 0.2) is 4.52 Å². The molecule has 0 aromatic carbocycles. The van der Waals surface area contributed by atoms with E-state index < -0.39 is 0 Å². The summed E-state index contributed by atoms with van der Waals surface area (Å²) in [7, 11) is 0. The van der Waals surface area contributed by atoms with Crippen molar-refractivity contribution < 1.29 is 9.63 Å². The second-order valence-corrected chi connectivity index (χ2v) is 3.97. The van der Waals surface area contributed by atoms with Gasteiger partial charge in [0, 0.05) is 18.4 Å². The van der Waals surface area contributed by atoms with Crippen molar-refractivity contribution in [2.75, 3.05) is 6.61 Å². The van der Waals surface area contributed by atoms with E-state index in [1.807, 2.05) is 0 Å². The van der Waals surface area contributed by atoms with E-state index >= 15 is 0 Å². The van der Waals surface area contributed by atoms with E-state index in [-0.39, 0.29) is 12.1 Å². The number of nitrogens with two attached hydrogens (primary N) is 1. The van der Waals surface area contributed by atoms with Gasteiger partial charge in [0.05, 0.1) is 6.61 Å². The maximum absolute atomic E-state index is 8.67. The first-order chi connectivity index (χ1) is 6.72. The zero-order chi connectivity index (χ0) is 10.0. The summed E-state index contributed by atoms with van der Waals surface area (Å²) in [5, 5.41) is 12.4. The van der Waals surface area contributed by atoms with Crippen LogP contribution in [-0.4, -0.2) is 27.4 Å². The van der Waals surface area contributed by atoms with Crippen molar-refractivity contribution in [2.45, 2.75) is 37.6 Å². The van der Waals surface area contributed by atoms with Gasteiger partial charge in [0.2, 0.25) is 5.89 Å². The Morgan fingerprint density at radius 2 is 2.29 bits per heavy atom. The van der Waals surface area contributed by atoms with Crippen molar-refractivity contribution in [1.82, 2.24) is 10.1 Å². The molecule has 1 heterocycles. The lowest BCUT2D eigenvalue weighted by atomic mass is 9.75. The molecule has 1 aliphatic carbocycles. The molecule has 2 rings (SSSR count). The molecule has 78 valence electrons. The Bertz CT molecular complexity index is 307. The number of aliphatic hydroxyl groups excluding tert-OH is 1. The van der Waals surface area contributed by atoms with Crippen molar-refractivity contribution in [3.63, 3.8) is 0 Å². The normalized spacial score (nSPS) is 19.3. The number of aliphatic hydroxyl groups is 1. The van der Waals surface area contributed by atoms with Crippen molar-refractivity contribution in [3.8, 4) is 0 Å². The Morgan fingerprint density at radius 1 is 1.50 bits per heavy atom. The van der Waals surface area contributed by atoms with E-state index in [4.69, 9.17) is 15.4 Å². The lowest BCUT2D eigenvalue weighted by molar-refractivity contribution is 0.221. The molecular weight excluding hydrogens is 182 g/mol. The molecule has 0 atom stereocenters. The van der Waals surface area contributed by atoms with Crippen LogP contribution in [0.25, 0.3) is 0 Å². The average Bonchev–Trinajstić information content (AvgIpc) is 2.51. The Kier molecular flexibility index (Phi) is 2.52. The maximum Gasteiger partial charge on any atom is 0.228 e. The van der Waals surface area contributed by atoms with Crippen LogP contribution in [0.4, 0.5) is 0 Å². The van der Waals surface area contributed by atoms with Crippen LogP contribution in [0.5, 0.6) is 0 Å². The van der Waals surface area contributed by atoms with Gasteiger partial charge in [0.1, 0.15) is 0 Å². The zero-order valence-corrected chi connectivity index (χ0v) is 8.07. The molecule has 0 aliphatic heterocycles. The van der Waals surface area contributed by atoms with Crippen LogP contribution in [0.2, 0.25) is 0 Å². The SMILES string of the molecule is NC1(Cc2nc(CCO)no2)CCC1. The lowest BCUT2D eigenvalue weighted by Crippen LogP contribution is -2.48. The van der Waals surface area contributed by atoms with Crippen LogP contribution >= 0.6 is 0 Å². The van der Waals surface area contributed by atoms with Crippen molar-refractivity contribution in [3.05, 3.63) is 11.7 Å². The third-order valence-electron chi connectivity index (χ3n) is 2.70. The minimum atomic E-state index is -0.122. The summed E-state index contributed by atoms with van der Waals surface area (Å²) in [6.45, 7) is 0.0484. The molecule has 0 amide bonds. The predicted octanol–water partition coefficient (Wildman–Crippen LogP) is 0.0283. The molecular formula is C9H15N3O2. The lowest BCUT2D eigenvalue weighted by Gasteiger charge is -2.36. The molecule has 14 heavy (non-hydrogen) atoms. The fourth-order valence-corrected chi connectivity index (χ4v) is 1.67. The second-order valence-electron chi connectivity index (χ2n) is 3.97. The molecule has 1 saturated carbocycles. The first kappa shape index (κ1) is 9.61. The van der Waals surface area contributed by atoms with Crippen LogP contribution in [0.1, 0.15) is 31.0 Å². The van der Waals surface area contributed by atoms with Gasteiger partial charge >= 0.3 is 0 Å². The number of hydrogen-bond acceptors (Lipinski definition) is 5. The molecule has 3 N–H and O–H groups in total. The highest BCUT2D eigenvalue weighted by atomic mass is 16.5. The Labute approximate surface area is 82.3 Å². The number of aromatic nitrogens is 2. The molecule has 1 aromatic heterocycles. The largest absolute Gasteiger partial charge is 0.396 e. The summed E-state index contributed by atoms with van der Waals surface area (Å²) in [5.41, 5.74) is 5.92. The van der Waals surface area contributed by atoms with Gasteiger partial charge < -0.3 is 15.4 Å². The van der Waals surface area contributed by atoms with E-state index in [2.05, 4.69) is 10.1 Å². The third kappa shape index (κ3) is 1.93. The van der Waals surface area contributed by atoms with Gasteiger partial charge in [-0.25, -0.2) is 0 Å². The summed E-state index contributed by atoms with van der Waals surface area (Å²) in [4.78, 5) is 4.15. The van der Waals surface area contributed by atoms with E-state index in [0.29, 0.717) is 24.6 Å². The van der Waals surface area contributed by atoms with Crippen molar-refractivity contribution in [1.29, 1.82) is 0 Å². The molecule has 0 radical (unpaired) electrons. The Balaban J connectivity index is 1.95. The topological polar surface area (TPSA) is 85.2 Å². The van der Waals surface area contributed by atoms with Crippen LogP contribution < -0.4 is 5.73 Å². The summed E-state index contributed by atoms with van der Waals surface area (Å²) in [5.74, 6) is 1.15. The molecule has 0 saturated heterocycles. The quantitative estimate of drug-likeness (QED) is 0.711. The van der Waals surface area contributed by atoms with Gasteiger partial charge in [-0.1, -0.05) is 5.16 Å². The summed E-state index contributed by atoms with van der Waals surface area (Å²) < 4.78 is 5.04. The minimum absolute atomic E-state index is 0.0484.